The van der Waals surface area contributed by atoms with Crippen LogP contribution in [0.5, 0.6) is 0 Å². The highest BCUT2D eigenvalue weighted by Crippen LogP contribution is 2.14. The Hall–Kier alpha value is -0.740. The van der Waals surface area contributed by atoms with Crippen LogP contribution in [0, 0.1) is 11.6 Å². The average molecular weight is 212 g/mol. The normalized spacial score (nSPS) is 12.0. The number of hydrogen-bond donors (Lipinski definition) is 1. The summed E-state index contributed by atoms with van der Waals surface area (Å²) >= 11 is 0. The molecule has 74 valence electrons. The maximum atomic E-state index is 12.5. The minimum Gasteiger partial charge on any atom is -0.322 e. The van der Waals surface area contributed by atoms with E-state index in [-0.39, 0.29) is 18.0 Å². The van der Waals surface area contributed by atoms with Crippen molar-refractivity contribution in [2.75, 3.05) is 6.67 Å². The van der Waals surface area contributed by atoms with Gasteiger partial charge in [0.2, 0.25) is 0 Å². The predicted molar refractivity (Wildman–Crippen MR) is 46.5 cm³/mol. The quantitative estimate of drug-likeness (QED) is 0.799. The summed E-state index contributed by atoms with van der Waals surface area (Å²) in [5.74, 6) is -1.48. The zero-order valence-corrected chi connectivity index (χ0v) is 7.45. The molecule has 0 aliphatic rings. The summed E-state index contributed by atoms with van der Waals surface area (Å²) in [4.78, 5) is 0. The van der Waals surface area contributed by atoms with Crippen LogP contribution in [-0.2, 0) is 0 Å². The number of benzene rings is 1. The van der Waals surface area contributed by atoms with Gasteiger partial charge in [-0.25, -0.2) is 13.2 Å². The molecule has 0 spiro atoms. The lowest BCUT2D eigenvalue weighted by Crippen LogP contribution is -2.12. The second-order valence-electron chi connectivity index (χ2n) is 2.46. The number of rotatable bonds is 2. The predicted octanol–water partition coefficient (Wildman–Crippen LogP) is 2.36. The van der Waals surface area contributed by atoms with Crippen molar-refractivity contribution in [2.24, 2.45) is 5.73 Å². The molecular weight excluding hydrogens is 203 g/mol. The zero-order valence-electron chi connectivity index (χ0n) is 6.64. The highest BCUT2D eigenvalue weighted by Gasteiger charge is 2.07. The maximum Gasteiger partial charge on any atom is 0.126 e. The summed E-state index contributed by atoms with van der Waals surface area (Å²) in [6, 6.07) is 1.81. The van der Waals surface area contributed by atoms with E-state index in [1.54, 1.807) is 0 Å². The molecule has 1 aromatic carbocycles. The first kappa shape index (κ1) is 12.3. The summed E-state index contributed by atoms with van der Waals surface area (Å²) in [6.07, 6.45) is 0. The van der Waals surface area contributed by atoms with Gasteiger partial charge in [-0.3, -0.25) is 0 Å². The van der Waals surface area contributed by atoms with Gasteiger partial charge in [-0.15, -0.1) is 12.4 Å². The van der Waals surface area contributed by atoms with Crippen LogP contribution in [-0.4, -0.2) is 6.67 Å². The molecule has 0 saturated heterocycles. The van der Waals surface area contributed by atoms with E-state index in [0.717, 1.165) is 12.1 Å². The van der Waals surface area contributed by atoms with Gasteiger partial charge in [0.05, 0.1) is 6.04 Å². The van der Waals surface area contributed by atoms with Crippen molar-refractivity contribution in [3.63, 3.8) is 0 Å². The zero-order chi connectivity index (χ0) is 9.14. The number of alkyl halides is 1. The fourth-order valence-electron chi connectivity index (χ4n) is 0.878. The Morgan fingerprint density at radius 3 is 2.00 bits per heavy atom. The molecule has 5 heteroatoms. The third-order valence-electron chi connectivity index (χ3n) is 1.48. The molecule has 0 aliphatic heterocycles. The van der Waals surface area contributed by atoms with Crippen LogP contribution in [0.2, 0.25) is 0 Å². The van der Waals surface area contributed by atoms with Gasteiger partial charge in [-0.2, -0.15) is 0 Å². The first-order valence-corrected chi connectivity index (χ1v) is 3.41. The Bertz CT molecular complexity index is 260. The molecule has 0 unspecified atom stereocenters. The van der Waals surface area contributed by atoms with Gasteiger partial charge < -0.3 is 5.73 Å². The summed E-state index contributed by atoms with van der Waals surface area (Å²) in [5.41, 5.74) is 5.36. The molecule has 0 bridgehead atoms. The smallest absolute Gasteiger partial charge is 0.126 e. The second-order valence-corrected chi connectivity index (χ2v) is 2.46. The van der Waals surface area contributed by atoms with Crippen LogP contribution in [0.25, 0.3) is 0 Å². The molecule has 1 atom stereocenters. The minimum atomic E-state index is -0.949. The molecule has 0 fully saturated rings. The Morgan fingerprint density at radius 2 is 1.62 bits per heavy atom. The molecular formula is C8H9ClF3N. The molecule has 0 heterocycles. The number of hydrogen-bond acceptors (Lipinski definition) is 1. The standard InChI is InChI=1S/C8H8F3N.ClH/c9-4-8(12)5-1-6(10)3-7(11)2-5;/h1-3,8H,4,12H2;1H/t8-;/m1./s1. The van der Waals surface area contributed by atoms with Gasteiger partial charge in [0.15, 0.2) is 0 Å². The number of nitrogens with two attached hydrogens (primary N) is 1. The third kappa shape index (κ3) is 3.24. The Morgan fingerprint density at radius 1 is 1.15 bits per heavy atom. The Balaban J connectivity index is 0.00000144. The summed E-state index contributed by atoms with van der Waals surface area (Å²) in [5, 5.41) is 0. The van der Waals surface area contributed by atoms with Crippen LogP contribution in [0.4, 0.5) is 13.2 Å². The largest absolute Gasteiger partial charge is 0.322 e. The van der Waals surface area contributed by atoms with E-state index < -0.39 is 24.4 Å². The van der Waals surface area contributed by atoms with Crippen molar-refractivity contribution in [1.29, 1.82) is 0 Å². The van der Waals surface area contributed by atoms with Gasteiger partial charge in [0, 0.05) is 6.07 Å². The SMILES string of the molecule is Cl.N[C@H](CF)c1cc(F)cc(F)c1. The molecule has 2 N–H and O–H groups in total. The highest BCUT2D eigenvalue weighted by molar-refractivity contribution is 5.85. The molecule has 0 saturated carbocycles. The van der Waals surface area contributed by atoms with Crippen LogP contribution < -0.4 is 5.73 Å². The van der Waals surface area contributed by atoms with Gasteiger partial charge >= 0.3 is 0 Å². The molecule has 0 aliphatic carbocycles. The second kappa shape index (κ2) is 5.09. The first-order valence-electron chi connectivity index (χ1n) is 3.41. The van der Waals surface area contributed by atoms with Crippen LogP contribution in [0.3, 0.4) is 0 Å². The topological polar surface area (TPSA) is 26.0 Å². The lowest BCUT2D eigenvalue weighted by Gasteiger charge is -2.06. The van der Waals surface area contributed by atoms with Gasteiger partial charge in [-0.1, -0.05) is 0 Å². The van der Waals surface area contributed by atoms with Gasteiger partial charge in [0.25, 0.3) is 0 Å². The summed E-state index contributed by atoms with van der Waals surface area (Å²) in [6.45, 7) is -0.830. The van der Waals surface area contributed by atoms with E-state index in [1.165, 1.54) is 0 Å². The average Bonchev–Trinajstić information content (AvgIpc) is 2.01. The lowest BCUT2D eigenvalue weighted by molar-refractivity contribution is 0.434. The maximum absolute atomic E-state index is 12.5. The fraction of sp³-hybridized carbons (Fsp3) is 0.250. The third-order valence-corrected chi connectivity index (χ3v) is 1.48. The molecule has 0 amide bonds. The van der Waals surface area contributed by atoms with Crippen molar-refractivity contribution >= 4 is 12.4 Å². The summed E-state index contributed by atoms with van der Waals surface area (Å²) < 4.78 is 37.0. The monoisotopic (exact) mass is 211 g/mol. The highest BCUT2D eigenvalue weighted by atomic mass is 35.5. The molecule has 0 radical (unpaired) electrons. The van der Waals surface area contributed by atoms with E-state index in [4.69, 9.17) is 5.73 Å². The molecule has 0 aromatic heterocycles. The van der Waals surface area contributed by atoms with Crippen molar-refractivity contribution in [3.05, 3.63) is 35.4 Å². The van der Waals surface area contributed by atoms with Crippen molar-refractivity contribution in [1.82, 2.24) is 0 Å². The minimum absolute atomic E-state index is 0. The van der Waals surface area contributed by atoms with E-state index in [2.05, 4.69) is 0 Å². The van der Waals surface area contributed by atoms with Crippen molar-refractivity contribution in [3.8, 4) is 0 Å². The van der Waals surface area contributed by atoms with Crippen molar-refractivity contribution in [2.45, 2.75) is 6.04 Å². The van der Waals surface area contributed by atoms with E-state index >= 15 is 0 Å². The molecule has 13 heavy (non-hydrogen) atoms. The molecule has 1 aromatic rings. The molecule has 1 rings (SSSR count). The lowest BCUT2D eigenvalue weighted by atomic mass is 10.1. The fourth-order valence-corrected chi connectivity index (χ4v) is 0.878. The van der Waals surface area contributed by atoms with Crippen LogP contribution >= 0.6 is 12.4 Å². The van der Waals surface area contributed by atoms with Crippen LogP contribution in [0.1, 0.15) is 11.6 Å². The van der Waals surface area contributed by atoms with Gasteiger partial charge in [0.1, 0.15) is 18.3 Å². The number of halogens is 4. The van der Waals surface area contributed by atoms with Gasteiger partial charge in [-0.05, 0) is 17.7 Å². The molecule has 1 nitrogen and oxygen atoms in total. The summed E-state index contributed by atoms with van der Waals surface area (Å²) in [7, 11) is 0. The van der Waals surface area contributed by atoms with Crippen molar-refractivity contribution < 1.29 is 13.2 Å². The Labute approximate surface area is 80.2 Å². The van der Waals surface area contributed by atoms with E-state index in [9.17, 15) is 13.2 Å². The van der Waals surface area contributed by atoms with E-state index in [1.807, 2.05) is 0 Å². The first-order chi connectivity index (χ1) is 5.63. The Kier molecular flexibility index (Phi) is 4.80. The van der Waals surface area contributed by atoms with E-state index in [0.29, 0.717) is 6.07 Å². The van der Waals surface area contributed by atoms with Crippen LogP contribution in [0.15, 0.2) is 18.2 Å².